The standard InChI is InChI=1S/C14H18N2S/c1-4-14-11(2)9-16(15-14)10-12-5-7-13(17-3)8-6-12/h5-9H,4,10H2,1-3H3. The van der Waals surface area contributed by atoms with E-state index >= 15 is 0 Å². The number of rotatable bonds is 4. The molecule has 17 heavy (non-hydrogen) atoms. The van der Waals surface area contributed by atoms with Crippen LogP contribution in [-0.4, -0.2) is 16.0 Å². The minimum absolute atomic E-state index is 0.857. The first-order valence-corrected chi connectivity index (χ1v) is 7.11. The fraction of sp³-hybridized carbons (Fsp3) is 0.357. The van der Waals surface area contributed by atoms with Crippen molar-refractivity contribution in [2.24, 2.45) is 0 Å². The van der Waals surface area contributed by atoms with Crippen LogP contribution < -0.4 is 0 Å². The number of hydrogen-bond donors (Lipinski definition) is 0. The molecule has 2 aromatic rings. The van der Waals surface area contributed by atoms with E-state index in [1.54, 1.807) is 11.8 Å². The first-order valence-electron chi connectivity index (χ1n) is 5.88. The minimum atomic E-state index is 0.857. The van der Waals surface area contributed by atoms with Gasteiger partial charge in [-0.3, -0.25) is 4.68 Å². The first-order chi connectivity index (χ1) is 8.22. The molecule has 2 rings (SSSR count). The molecule has 0 saturated heterocycles. The average Bonchev–Trinajstić information content (AvgIpc) is 2.70. The van der Waals surface area contributed by atoms with E-state index < -0.39 is 0 Å². The molecule has 0 saturated carbocycles. The van der Waals surface area contributed by atoms with E-state index in [4.69, 9.17) is 0 Å². The predicted molar refractivity (Wildman–Crippen MR) is 73.7 cm³/mol. The maximum atomic E-state index is 4.58. The fourth-order valence-corrected chi connectivity index (χ4v) is 2.32. The zero-order valence-electron chi connectivity index (χ0n) is 10.6. The number of thioether (sulfide) groups is 1. The van der Waals surface area contributed by atoms with Gasteiger partial charge in [-0.15, -0.1) is 11.8 Å². The van der Waals surface area contributed by atoms with E-state index in [1.165, 1.54) is 21.7 Å². The van der Waals surface area contributed by atoms with Crippen LogP contribution in [0.4, 0.5) is 0 Å². The van der Waals surface area contributed by atoms with Crippen molar-refractivity contribution in [3.8, 4) is 0 Å². The molecule has 0 radical (unpaired) electrons. The van der Waals surface area contributed by atoms with Gasteiger partial charge in [-0.25, -0.2) is 0 Å². The second kappa shape index (κ2) is 5.41. The molecule has 0 amide bonds. The molecule has 0 unspecified atom stereocenters. The Kier molecular flexibility index (Phi) is 3.89. The molecule has 0 atom stereocenters. The summed E-state index contributed by atoms with van der Waals surface area (Å²) in [5.74, 6) is 0. The summed E-state index contributed by atoms with van der Waals surface area (Å²) in [7, 11) is 0. The van der Waals surface area contributed by atoms with Crippen LogP contribution in [0.2, 0.25) is 0 Å². The van der Waals surface area contributed by atoms with Gasteiger partial charge in [0.1, 0.15) is 0 Å². The quantitative estimate of drug-likeness (QED) is 0.768. The Bertz CT molecular complexity index is 485. The molecule has 0 aliphatic rings. The summed E-state index contributed by atoms with van der Waals surface area (Å²) in [4.78, 5) is 1.31. The molecule has 0 spiro atoms. The van der Waals surface area contributed by atoms with E-state index in [0.29, 0.717) is 0 Å². The Morgan fingerprint density at radius 1 is 1.24 bits per heavy atom. The van der Waals surface area contributed by atoms with Crippen molar-refractivity contribution in [2.45, 2.75) is 31.7 Å². The lowest BCUT2D eigenvalue weighted by Gasteiger charge is -2.03. The number of nitrogens with zero attached hydrogens (tertiary/aromatic N) is 2. The fourth-order valence-electron chi connectivity index (χ4n) is 1.91. The minimum Gasteiger partial charge on any atom is -0.268 e. The summed E-state index contributed by atoms with van der Waals surface area (Å²) < 4.78 is 2.03. The second-order valence-electron chi connectivity index (χ2n) is 4.16. The Morgan fingerprint density at radius 2 is 1.94 bits per heavy atom. The Morgan fingerprint density at radius 3 is 2.47 bits per heavy atom. The lowest BCUT2D eigenvalue weighted by molar-refractivity contribution is 0.673. The molecule has 0 aliphatic heterocycles. The maximum absolute atomic E-state index is 4.58. The largest absolute Gasteiger partial charge is 0.268 e. The van der Waals surface area contributed by atoms with Crippen LogP contribution in [0.5, 0.6) is 0 Å². The van der Waals surface area contributed by atoms with Crippen molar-refractivity contribution in [3.05, 3.63) is 47.3 Å². The van der Waals surface area contributed by atoms with Crippen molar-refractivity contribution >= 4 is 11.8 Å². The van der Waals surface area contributed by atoms with Gasteiger partial charge in [-0.2, -0.15) is 5.10 Å². The topological polar surface area (TPSA) is 17.8 Å². The van der Waals surface area contributed by atoms with E-state index in [-0.39, 0.29) is 0 Å². The molecule has 0 fully saturated rings. The molecule has 2 nitrogen and oxygen atoms in total. The highest BCUT2D eigenvalue weighted by atomic mass is 32.2. The van der Waals surface area contributed by atoms with Crippen LogP contribution in [-0.2, 0) is 13.0 Å². The van der Waals surface area contributed by atoms with Gasteiger partial charge in [0, 0.05) is 11.1 Å². The molecule has 0 bridgehead atoms. The molecular weight excluding hydrogens is 228 g/mol. The third-order valence-corrected chi connectivity index (χ3v) is 3.63. The van der Waals surface area contributed by atoms with Gasteiger partial charge >= 0.3 is 0 Å². The van der Waals surface area contributed by atoms with Crippen molar-refractivity contribution < 1.29 is 0 Å². The van der Waals surface area contributed by atoms with Crippen LogP contribution in [0, 0.1) is 6.92 Å². The number of hydrogen-bond acceptors (Lipinski definition) is 2. The van der Waals surface area contributed by atoms with Gasteiger partial charge in [0.05, 0.1) is 12.2 Å². The SMILES string of the molecule is CCc1nn(Cc2ccc(SC)cc2)cc1C. The molecule has 3 heteroatoms. The van der Waals surface area contributed by atoms with E-state index in [0.717, 1.165) is 13.0 Å². The highest BCUT2D eigenvalue weighted by Gasteiger charge is 2.03. The smallest absolute Gasteiger partial charge is 0.0659 e. The highest BCUT2D eigenvalue weighted by molar-refractivity contribution is 7.98. The Labute approximate surface area is 107 Å². The van der Waals surface area contributed by atoms with Crippen LogP contribution in [0.1, 0.15) is 23.7 Å². The van der Waals surface area contributed by atoms with Gasteiger partial charge in [0.25, 0.3) is 0 Å². The number of aromatic nitrogens is 2. The van der Waals surface area contributed by atoms with E-state index in [1.807, 2.05) is 4.68 Å². The van der Waals surface area contributed by atoms with Gasteiger partial charge < -0.3 is 0 Å². The first kappa shape index (κ1) is 12.2. The second-order valence-corrected chi connectivity index (χ2v) is 5.04. The van der Waals surface area contributed by atoms with Crippen molar-refractivity contribution in [3.63, 3.8) is 0 Å². The van der Waals surface area contributed by atoms with Gasteiger partial charge in [-0.05, 0) is 42.9 Å². The van der Waals surface area contributed by atoms with Crippen LogP contribution >= 0.6 is 11.8 Å². The monoisotopic (exact) mass is 246 g/mol. The molecular formula is C14H18N2S. The van der Waals surface area contributed by atoms with Crippen LogP contribution in [0.25, 0.3) is 0 Å². The van der Waals surface area contributed by atoms with Crippen molar-refractivity contribution in [1.29, 1.82) is 0 Å². The third-order valence-electron chi connectivity index (χ3n) is 2.89. The normalized spacial score (nSPS) is 10.8. The summed E-state index contributed by atoms with van der Waals surface area (Å²) >= 11 is 1.77. The van der Waals surface area contributed by atoms with E-state index in [9.17, 15) is 0 Å². The Hall–Kier alpha value is -1.22. The van der Waals surface area contributed by atoms with Crippen molar-refractivity contribution in [2.75, 3.05) is 6.26 Å². The van der Waals surface area contributed by atoms with Gasteiger partial charge in [-0.1, -0.05) is 19.1 Å². The zero-order valence-corrected chi connectivity index (χ0v) is 11.4. The summed E-state index contributed by atoms with van der Waals surface area (Å²) in [5.41, 5.74) is 3.78. The average molecular weight is 246 g/mol. The van der Waals surface area contributed by atoms with Crippen LogP contribution in [0.3, 0.4) is 0 Å². The van der Waals surface area contributed by atoms with Gasteiger partial charge in [0.2, 0.25) is 0 Å². The molecule has 1 heterocycles. The van der Waals surface area contributed by atoms with E-state index in [2.05, 4.69) is 55.7 Å². The number of benzene rings is 1. The Balaban J connectivity index is 2.13. The lowest BCUT2D eigenvalue weighted by Crippen LogP contribution is -2.00. The lowest BCUT2D eigenvalue weighted by atomic mass is 10.2. The molecule has 0 N–H and O–H groups in total. The summed E-state index contributed by atoms with van der Waals surface area (Å²) in [6, 6.07) is 8.68. The third kappa shape index (κ3) is 2.91. The highest BCUT2D eigenvalue weighted by Crippen LogP contribution is 2.15. The summed E-state index contributed by atoms with van der Waals surface area (Å²) in [6.07, 6.45) is 5.23. The molecule has 1 aromatic heterocycles. The molecule has 90 valence electrons. The van der Waals surface area contributed by atoms with Gasteiger partial charge in [0.15, 0.2) is 0 Å². The summed E-state index contributed by atoms with van der Waals surface area (Å²) in [6.45, 7) is 5.13. The molecule has 1 aromatic carbocycles. The zero-order chi connectivity index (χ0) is 12.3. The maximum Gasteiger partial charge on any atom is 0.0659 e. The van der Waals surface area contributed by atoms with Crippen molar-refractivity contribution in [1.82, 2.24) is 9.78 Å². The molecule has 0 aliphatic carbocycles. The van der Waals surface area contributed by atoms with Crippen LogP contribution in [0.15, 0.2) is 35.4 Å². The number of aryl methyl sites for hydroxylation is 2. The summed E-state index contributed by atoms with van der Waals surface area (Å²) in [5, 5.41) is 4.58. The predicted octanol–water partition coefficient (Wildman–Crippen LogP) is 3.52.